The Labute approximate surface area is 121 Å². The standard InChI is InChI=1S/C16H15F2NO2/c17-13-2-3-14(18)12(8-13)9-19-6-5-11-1-4-15-16(7-11)21-10-20-15/h1-4,7-8,19H,5-6,9-10H2. The summed E-state index contributed by atoms with van der Waals surface area (Å²) >= 11 is 0. The summed E-state index contributed by atoms with van der Waals surface area (Å²) in [7, 11) is 0. The molecule has 0 saturated heterocycles. The molecular weight excluding hydrogens is 276 g/mol. The Kier molecular flexibility index (Phi) is 4.01. The van der Waals surface area contributed by atoms with Crippen molar-refractivity contribution in [1.82, 2.24) is 5.32 Å². The highest BCUT2D eigenvalue weighted by Crippen LogP contribution is 2.32. The molecule has 21 heavy (non-hydrogen) atoms. The maximum Gasteiger partial charge on any atom is 0.231 e. The van der Waals surface area contributed by atoms with Crippen molar-refractivity contribution in [3.8, 4) is 11.5 Å². The van der Waals surface area contributed by atoms with E-state index in [1.165, 1.54) is 6.07 Å². The molecule has 1 heterocycles. The van der Waals surface area contributed by atoms with Crippen molar-refractivity contribution in [2.24, 2.45) is 0 Å². The first-order valence-corrected chi connectivity index (χ1v) is 6.75. The molecule has 0 radical (unpaired) electrons. The fourth-order valence-corrected chi connectivity index (χ4v) is 2.23. The molecule has 2 aromatic carbocycles. The summed E-state index contributed by atoms with van der Waals surface area (Å²) in [5.74, 6) is 0.688. The number of fused-ring (bicyclic) bond motifs is 1. The minimum absolute atomic E-state index is 0.260. The smallest absolute Gasteiger partial charge is 0.231 e. The largest absolute Gasteiger partial charge is 0.454 e. The molecule has 0 atom stereocenters. The first-order chi connectivity index (χ1) is 10.2. The Bertz CT molecular complexity index is 646. The lowest BCUT2D eigenvalue weighted by Crippen LogP contribution is -2.17. The van der Waals surface area contributed by atoms with Gasteiger partial charge in [0.1, 0.15) is 11.6 Å². The van der Waals surface area contributed by atoms with Crippen molar-refractivity contribution in [1.29, 1.82) is 0 Å². The average molecular weight is 291 g/mol. The third-order valence-electron chi connectivity index (χ3n) is 3.35. The third kappa shape index (κ3) is 3.31. The van der Waals surface area contributed by atoms with Gasteiger partial charge < -0.3 is 14.8 Å². The lowest BCUT2D eigenvalue weighted by molar-refractivity contribution is 0.174. The van der Waals surface area contributed by atoms with Gasteiger partial charge in [0.05, 0.1) is 0 Å². The average Bonchev–Trinajstić information content (AvgIpc) is 2.94. The van der Waals surface area contributed by atoms with Crippen molar-refractivity contribution >= 4 is 0 Å². The van der Waals surface area contributed by atoms with Crippen LogP contribution in [-0.4, -0.2) is 13.3 Å². The lowest BCUT2D eigenvalue weighted by Gasteiger charge is -2.07. The van der Waals surface area contributed by atoms with E-state index in [9.17, 15) is 8.78 Å². The summed E-state index contributed by atoms with van der Waals surface area (Å²) in [5.41, 5.74) is 1.44. The van der Waals surface area contributed by atoms with Gasteiger partial charge in [-0.15, -0.1) is 0 Å². The van der Waals surface area contributed by atoms with Crippen LogP contribution in [0.4, 0.5) is 8.78 Å². The molecule has 3 nitrogen and oxygen atoms in total. The van der Waals surface area contributed by atoms with Gasteiger partial charge in [0.2, 0.25) is 6.79 Å². The molecule has 0 spiro atoms. The molecule has 3 rings (SSSR count). The second kappa shape index (κ2) is 6.10. The van der Waals surface area contributed by atoms with Crippen molar-refractivity contribution in [3.05, 3.63) is 59.2 Å². The molecule has 0 saturated carbocycles. The summed E-state index contributed by atoms with van der Waals surface area (Å²) in [6, 6.07) is 9.26. The molecule has 1 aliphatic rings. The van der Waals surface area contributed by atoms with Crippen LogP contribution < -0.4 is 14.8 Å². The predicted octanol–water partition coefficient (Wildman–Crippen LogP) is 3.03. The fraction of sp³-hybridized carbons (Fsp3) is 0.250. The van der Waals surface area contributed by atoms with Gasteiger partial charge in [-0.3, -0.25) is 0 Å². The number of halogens is 2. The number of nitrogens with one attached hydrogen (secondary N) is 1. The zero-order valence-electron chi connectivity index (χ0n) is 11.4. The first kappa shape index (κ1) is 13.8. The van der Waals surface area contributed by atoms with Crippen LogP contribution in [0, 0.1) is 11.6 Å². The van der Waals surface area contributed by atoms with Crippen LogP contribution in [0.15, 0.2) is 36.4 Å². The van der Waals surface area contributed by atoms with Gasteiger partial charge in [0, 0.05) is 12.1 Å². The molecule has 2 aromatic rings. The molecule has 0 aliphatic carbocycles. The van der Waals surface area contributed by atoms with Gasteiger partial charge in [-0.2, -0.15) is 0 Å². The highest BCUT2D eigenvalue weighted by atomic mass is 19.1. The molecular formula is C16H15F2NO2. The van der Waals surface area contributed by atoms with E-state index in [1.807, 2.05) is 18.2 Å². The number of rotatable bonds is 5. The quantitative estimate of drug-likeness (QED) is 0.859. The summed E-state index contributed by atoms with van der Waals surface area (Å²) in [4.78, 5) is 0. The summed E-state index contributed by atoms with van der Waals surface area (Å²) in [5, 5.41) is 3.11. The van der Waals surface area contributed by atoms with Gasteiger partial charge in [0.25, 0.3) is 0 Å². The van der Waals surface area contributed by atoms with E-state index in [4.69, 9.17) is 9.47 Å². The van der Waals surface area contributed by atoms with Crippen molar-refractivity contribution in [3.63, 3.8) is 0 Å². The van der Waals surface area contributed by atoms with Crippen molar-refractivity contribution in [2.75, 3.05) is 13.3 Å². The normalized spacial score (nSPS) is 12.7. The van der Waals surface area contributed by atoms with Crippen LogP contribution >= 0.6 is 0 Å². The van der Waals surface area contributed by atoms with E-state index in [0.717, 1.165) is 35.6 Å². The second-order valence-corrected chi connectivity index (χ2v) is 4.85. The van der Waals surface area contributed by atoms with E-state index >= 15 is 0 Å². The minimum Gasteiger partial charge on any atom is -0.454 e. The Morgan fingerprint density at radius 3 is 2.76 bits per heavy atom. The minimum atomic E-state index is -0.427. The predicted molar refractivity (Wildman–Crippen MR) is 74.3 cm³/mol. The maximum atomic E-state index is 13.4. The molecule has 1 aliphatic heterocycles. The van der Waals surface area contributed by atoms with E-state index in [-0.39, 0.29) is 6.79 Å². The molecule has 0 unspecified atom stereocenters. The van der Waals surface area contributed by atoms with Crippen LogP contribution in [-0.2, 0) is 13.0 Å². The molecule has 110 valence electrons. The van der Waals surface area contributed by atoms with Crippen LogP contribution in [0.3, 0.4) is 0 Å². The number of hydrogen-bond donors (Lipinski definition) is 1. The van der Waals surface area contributed by atoms with Crippen LogP contribution in [0.2, 0.25) is 0 Å². The summed E-state index contributed by atoms with van der Waals surface area (Å²) in [6.07, 6.45) is 0.771. The topological polar surface area (TPSA) is 30.5 Å². The molecule has 0 amide bonds. The monoisotopic (exact) mass is 291 g/mol. The van der Waals surface area contributed by atoms with E-state index in [1.54, 1.807) is 0 Å². The van der Waals surface area contributed by atoms with Gasteiger partial charge in [-0.05, 0) is 48.9 Å². The lowest BCUT2D eigenvalue weighted by atomic mass is 10.1. The van der Waals surface area contributed by atoms with Crippen LogP contribution in [0.25, 0.3) is 0 Å². The molecule has 0 aromatic heterocycles. The molecule has 0 bridgehead atoms. The third-order valence-corrected chi connectivity index (χ3v) is 3.35. The Balaban J connectivity index is 1.51. The summed E-state index contributed by atoms with van der Waals surface area (Å²) < 4.78 is 37.0. The fourth-order valence-electron chi connectivity index (χ4n) is 2.23. The van der Waals surface area contributed by atoms with E-state index < -0.39 is 11.6 Å². The maximum absolute atomic E-state index is 13.4. The second-order valence-electron chi connectivity index (χ2n) is 4.85. The van der Waals surface area contributed by atoms with Crippen LogP contribution in [0.1, 0.15) is 11.1 Å². The van der Waals surface area contributed by atoms with Crippen molar-refractivity contribution < 1.29 is 18.3 Å². The highest BCUT2D eigenvalue weighted by molar-refractivity contribution is 5.44. The van der Waals surface area contributed by atoms with Gasteiger partial charge in [-0.25, -0.2) is 8.78 Å². The Morgan fingerprint density at radius 2 is 1.86 bits per heavy atom. The number of benzene rings is 2. The highest BCUT2D eigenvalue weighted by Gasteiger charge is 2.12. The number of hydrogen-bond acceptors (Lipinski definition) is 3. The van der Waals surface area contributed by atoms with Gasteiger partial charge in [-0.1, -0.05) is 6.07 Å². The number of ether oxygens (including phenoxy) is 2. The zero-order valence-corrected chi connectivity index (χ0v) is 11.4. The van der Waals surface area contributed by atoms with Gasteiger partial charge in [0.15, 0.2) is 11.5 Å². The zero-order chi connectivity index (χ0) is 14.7. The Hall–Kier alpha value is -2.14. The van der Waals surface area contributed by atoms with Gasteiger partial charge >= 0.3 is 0 Å². The first-order valence-electron chi connectivity index (χ1n) is 6.75. The molecule has 0 fully saturated rings. The van der Waals surface area contributed by atoms with Crippen LogP contribution in [0.5, 0.6) is 11.5 Å². The Morgan fingerprint density at radius 1 is 1.00 bits per heavy atom. The molecule has 1 N–H and O–H groups in total. The van der Waals surface area contributed by atoms with E-state index in [0.29, 0.717) is 18.7 Å². The molecule has 5 heteroatoms. The SMILES string of the molecule is Fc1ccc(F)c(CNCCc2ccc3c(c2)OCO3)c1. The van der Waals surface area contributed by atoms with Crippen molar-refractivity contribution in [2.45, 2.75) is 13.0 Å². The van der Waals surface area contributed by atoms with E-state index in [2.05, 4.69) is 5.32 Å². The summed E-state index contributed by atoms with van der Waals surface area (Å²) in [6.45, 7) is 1.22.